The zero-order valence-corrected chi connectivity index (χ0v) is 21.3. The number of halogens is 1. The highest BCUT2D eigenvalue weighted by Crippen LogP contribution is 2.44. The van der Waals surface area contributed by atoms with Crippen LogP contribution in [0.4, 0.5) is 0 Å². The number of piperidine rings is 2. The van der Waals surface area contributed by atoms with E-state index in [1.54, 1.807) is 0 Å². The molecule has 2 aromatic rings. The minimum atomic E-state index is -0.620. The lowest BCUT2D eigenvalue weighted by Crippen LogP contribution is -2.54. The average Bonchev–Trinajstić information content (AvgIpc) is 2.82. The maximum absolute atomic E-state index is 11.7. The van der Waals surface area contributed by atoms with E-state index >= 15 is 0 Å². The molecule has 1 saturated carbocycles. The quantitative estimate of drug-likeness (QED) is 0.459. The Labute approximate surface area is 208 Å². The Bertz CT molecular complexity index is 1020. The minimum absolute atomic E-state index is 0.190. The molecule has 34 heavy (non-hydrogen) atoms. The molecule has 4 nitrogen and oxygen atoms in total. The summed E-state index contributed by atoms with van der Waals surface area (Å²) in [6.07, 6.45) is 10.9. The van der Waals surface area contributed by atoms with Crippen molar-refractivity contribution in [3.8, 4) is 5.75 Å². The maximum atomic E-state index is 11.7. The summed E-state index contributed by atoms with van der Waals surface area (Å²) in [6, 6.07) is 11.9. The number of rotatable bonds is 6. The molecule has 0 spiro atoms. The van der Waals surface area contributed by atoms with Gasteiger partial charge < -0.3 is 9.84 Å². The summed E-state index contributed by atoms with van der Waals surface area (Å²) in [7, 11) is 0. The third kappa shape index (κ3) is 4.68. The number of carboxylic acids is 1. The second-order valence-corrected chi connectivity index (χ2v) is 11.4. The van der Waals surface area contributed by atoms with Gasteiger partial charge in [-0.2, -0.15) is 0 Å². The van der Waals surface area contributed by atoms with Crippen LogP contribution >= 0.6 is 11.6 Å². The topological polar surface area (TPSA) is 49.8 Å². The van der Waals surface area contributed by atoms with E-state index in [4.69, 9.17) is 16.3 Å². The average molecular weight is 484 g/mol. The van der Waals surface area contributed by atoms with Crippen molar-refractivity contribution in [2.24, 2.45) is 11.8 Å². The van der Waals surface area contributed by atoms with E-state index < -0.39 is 5.97 Å². The van der Waals surface area contributed by atoms with Gasteiger partial charge in [-0.05, 0) is 86.8 Å². The molecule has 2 heterocycles. The Balaban J connectivity index is 1.38. The monoisotopic (exact) mass is 483 g/mol. The molecule has 0 radical (unpaired) electrons. The van der Waals surface area contributed by atoms with Gasteiger partial charge in [-0.15, -0.1) is 0 Å². The molecule has 2 aromatic carbocycles. The third-order valence-electron chi connectivity index (χ3n) is 8.71. The van der Waals surface area contributed by atoms with Crippen molar-refractivity contribution >= 4 is 28.3 Å². The fourth-order valence-electron chi connectivity index (χ4n) is 6.86. The second-order valence-electron chi connectivity index (χ2n) is 11.0. The van der Waals surface area contributed by atoms with Gasteiger partial charge in [0.25, 0.3) is 0 Å². The van der Waals surface area contributed by atoms with E-state index in [1.807, 2.05) is 6.07 Å². The van der Waals surface area contributed by atoms with Gasteiger partial charge in [0.15, 0.2) is 0 Å². The highest BCUT2D eigenvalue weighted by molar-refractivity contribution is 6.37. The molecule has 2 aliphatic heterocycles. The number of nitrogens with zero attached hydrogens (tertiary/aromatic N) is 1. The Hall–Kier alpha value is -1.78. The summed E-state index contributed by atoms with van der Waals surface area (Å²) in [4.78, 5) is 14.4. The third-order valence-corrected chi connectivity index (χ3v) is 9.10. The first-order valence-corrected chi connectivity index (χ1v) is 13.7. The van der Waals surface area contributed by atoms with E-state index in [9.17, 15) is 9.90 Å². The van der Waals surface area contributed by atoms with Crippen molar-refractivity contribution in [2.45, 2.75) is 102 Å². The van der Waals surface area contributed by atoms with Gasteiger partial charge in [-0.3, -0.25) is 9.69 Å². The van der Waals surface area contributed by atoms with Crippen molar-refractivity contribution in [1.82, 2.24) is 4.90 Å². The fraction of sp³-hybridized carbons (Fsp3) is 0.621. The van der Waals surface area contributed by atoms with Gasteiger partial charge in [0.05, 0.1) is 17.0 Å². The molecule has 3 aliphatic rings. The summed E-state index contributed by atoms with van der Waals surface area (Å²) in [5.74, 6) is 0.793. The van der Waals surface area contributed by atoms with Gasteiger partial charge in [0.1, 0.15) is 5.75 Å². The molecule has 5 rings (SSSR count). The fourth-order valence-corrected chi connectivity index (χ4v) is 7.14. The van der Waals surface area contributed by atoms with Crippen LogP contribution in [0, 0.1) is 11.8 Å². The molecule has 3 fully saturated rings. The number of hydrogen-bond donors (Lipinski definition) is 1. The molecular weight excluding hydrogens is 446 g/mol. The van der Waals surface area contributed by atoms with E-state index in [0.29, 0.717) is 18.1 Å². The van der Waals surface area contributed by atoms with Crippen molar-refractivity contribution < 1.29 is 14.6 Å². The molecule has 5 heteroatoms. The predicted molar refractivity (Wildman–Crippen MR) is 138 cm³/mol. The van der Waals surface area contributed by atoms with Crippen LogP contribution < -0.4 is 4.74 Å². The Morgan fingerprint density at radius 2 is 1.79 bits per heavy atom. The van der Waals surface area contributed by atoms with Crippen LogP contribution in [-0.4, -0.2) is 34.2 Å². The number of aliphatic carboxylic acids is 1. The van der Waals surface area contributed by atoms with E-state index in [1.165, 1.54) is 24.8 Å². The molecule has 3 atom stereocenters. The molecular formula is C29H38ClNO3. The number of hydrogen-bond acceptors (Lipinski definition) is 3. The molecule has 1 N–H and O–H groups in total. The van der Waals surface area contributed by atoms with Gasteiger partial charge in [0.2, 0.25) is 0 Å². The van der Waals surface area contributed by atoms with Crippen LogP contribution in [0.15, 0.2) is 30.3 Å². The van der Waals surface area contributed by atoms with Crippen LogP contribution in [0.2, 0.25) is 5.02 Å². The first-order valence-electron chi connectivity index (χ1n) is 13.3. The zero-order chi connectivity index (χ0) is 23.8. The smallest absolute Gasteiger partial charge is 0.306 e. The number of carbonyl (C=O) groups is 1. The highest BCUT2D eigenvalue weighted by Gasteiger charge is 2.43. The van der Waals surface area contributed by atoms with E-state index in [2.05, 4.69) is 43.0 Å². The lowest BCUT2D eigenvalue weighted by atomic mass is 9.76. The first-order chi connectivity index (χ1) is 16.4. The SMILES string of the molecule is CCC(c1ccc2c(Cl)c(O[C@H]3CC[C@@H](C)CC3)ccc2c1)N1C2CCCC1CC(C(=O)O)C2. The number of benzene rings is 2. The lowest BCUT2D eigenvalue weighted by Gasteiger charge is -2.51. The molecule has 1 aliphatic carbocycles. The predicted octanol–water partition coefficient (Wildman–Crippen LogP) is 7.62. The second kappa shape index (κ2) is 10.1. The number of carboxylic acid groups (broad SMARTS) is 1. The normalized spacial score (nSPS) is 30.7. The summed E-state index contributed by atoms with van der Waals surface area (Å²) in [5, 5.41) is 12.5. The Kier molecular flexibility index (Phi) is 7.09. The minimum Gasteiger partial charge on any atom is -0.489 e. The Morgan fingerprint density at radius 3 is 2.44 bits per heavy atom. The van der Waals surface area contributed by atoms with Crippen LogP contribution in [0.25, 0.3) is 10.8 Å². The van der Waals surface area contributed by atoms with E-state index in [-0.39, 0.29) is 12.0 Å². The summed E-state index contributed by atoms with van der Waals surface area (Å²) >= 11 is 6.84. The van der Waals surface area contributed by atoms with Gasteiger partial charge in [0, 0.05) is 23.5 Å². The van der Waals surface area contributed by atoms with E-state index in [0.717, 1.165) is 72.4 Å². The molecule has 0 aromatic heterocycles. The molecule has 184 valence electrons. The van der Waals surface area contributed by atoms with Crippen molar-refractivity contribution in [3.63, 3.8) is 0 Å². The van der Waals surface area contributed by atoms with Crippen LogP contribution in [-0.2, 0) is 4.79 Å². The van der Waals surface area contributed by atoms with Crippen LogP contribution in [0.1, 0.15) is 89.7 Å². The summed E-state index contributed by atoms with van der Waals surface area (Å²) in [6.45, 7) is 4.57. The van der Waals surface area contributed by atoms with Crippen LogP contribution in [0.3, 0.4) is 0 Å². The van der Waals surface area contributed by atoms with Crippen LogP contribution in [0.5, 0.6) is 5.75 Å². The molecule has 2 saturated heterocycles. The van der Waals surface area contributed by atoms with Gasteiger partial charge in [-0.25, -0.2) is 0 Å². The molecule has 0 amide bonds. The van der Waals surface area contributed by atoms with Gasteiger partial charge >= 0.3 is 5.97 Å². The first kappa shape index (κ1) is 23.9. The maximum Gasteiger partial charge on any atom is 0.306 e. The zero-order valence-electron chi connectivity index (χ0n) is 20.5. The largest absolute Gasteiger partial charge is 0.489 e. The highest BCUT2D eigenvalue weighted by atomic mass is 35.5. The number of ether oxygens (including phenoxy) is 1. The lowest BCUT2D eigenvalue weighted by molar-refractivity contribution is -0.147. The van der Waals surface area contributed by atoms with Crippen molar-refractivity contribution in [3.05, 3.63) is 40.9 Å². The van der Waals surface area contributed by atoms with Crippen molar-refractivity contribution in [2.75, 3.05) is 0 Å². The van der Waals surface area contributed by atoms with Crippen molar-refractivity contribution in [1.29, 1.82) is 0 Å². The summed E-state index contributed by atoms with van der Waals surface area (Å²) < 4.78 is 6.33. The molecule has 3 unspecified atom stereocenters. The number of fused-ring (bicyclic) bond motifs is 3. The standard InChI is InChI=1S/C29H38ClNO3/c1-3-26(31-22-5-4-6-23(31)17-21(16-22)29(32)33)20-9-13-25-19(15-20)10-14-27(28(25)30)34-24-11-7-18(2)8-12-24/h9-10,13-15,18,21-24,26H,3-8,11-12,16-17H2,1-2H3,(H,32,33)/t18-,21?,22?,23?,24+,26?. The molecule has 2 bridgehead atoms. The van der Waals surface area contributed by atoms with Gasteiger partial charge in [-0.1, -0.05) is 50.1 Å². The summed E-state index contributed by atoms with van der Waals surface area (Å²) in [5.41, 5.74) is 1.31. The Morgan fingerprint density at radius 1 is 1.09 bits per heavy atom.